The molecule has 0 aromatic rings. The van der Waals surface area contributed by atoms with Gasteiger partial charge >= 0.3 is 0 Å². The van der Waals surface area contributed by atoms with Gasteiger partial charge in [-0.3, -0.25) is 0 Å². The van der Waals surface area contributed by atoms with Crippen LogP contribution in [-0.2, 0) is 0 Å². The normalized spacial score (nSPS) is 23.1. The molecule has 1 rings (SSSR count). The summed E-state index contributed by atoms with van der Waals surface area (Å²) >= 11 is 0. The lowest BCUT2D eigenvalue weighted by Gasteiger charge is -2.51. The van der Waals surface area contributed by atoms with Crippen molar-refractivity contribution in [1.82, 2.24) is 10.4 Å². The van der Waals surface area contributed by atoms with E-state index in [2.05, 4.69) is 38.9 Å². The molecule has 1 heterocycles. The summed E-state index contributed by atoms with van der Waals surface area (Å²) in [6.07, 6.45) is 7.06. The molecule has 1 saturated heterocycles. The number of nitrogens with zero attached hydrogens (tertiary/aromatic N) is 1. The Hall–Kier alpha value is 0.0200. The molecule has 0 amide bonds. The molecule has 5 heteroatoms. The molecule has 0 unspecified atom stereocenters. The largest absolute Gasteiger partial charge is 0.313 e. The smallest absolute Gasteiger partial charge is 0.0575 e. The van der Waals surface area contributed by atoms with Crippen LogP contribution in [0, 0.1) is 12.3 Å². The third-order valence-electron chi connectivity index (χ3n) is 3.13. The van der Waals surface area contributed by atoms with Gasteiger partial charge in [0.05, 0.1) is 6.54 Å². The van der Waals surface area contributed by atoms with Crippen LogP contribution in [0.1, 0.15) is 40.5 Å². The van der Waals surface area contributed by atoms with Crippen molar-refractivity contribution in [1.29, 1.82) is 0 Å². The Morgan fingerprint density at radius 3 is 2.00 bits per heavy atom. The summed E-state index contributed by atoms with van der Waals surface area (Å²) in [4.78, 5) is 0. The summed E-state index contributed by atoms with van der Waals surface area (Å²) < 4.78 is 0. The number of piperidine rings is 1. The molecule has 0 bridgehead atoms. The highest BCUT2D eigenvalue weighted by atomic mass is 35.5. The maximum atomic E-state index is 10.1. The molecule has 0 atom stereocenters. The maximum absolute atomic E-state index is 10.1. The minimum atomic E-state index is -0.200. The van der Waals surface area contributed by atoms with Gasteiger partial charge in [-0.15, -0.1) is 31.2 Å². The summed E-state index contributed by atoms with van der Waals surface area (Å²) in [7, 11) is 0. The number of hydrogen-bond acceptors (Lipinski definition) is 3. The van der Waals surface area contributed by atoms with Gasteiger partial charge in [0.2, 0.25) is 0 Å². The molecule has 1 aliphatic rings. The molecule has 17 heavy (non-hydrogen) atoms. The zero-order valence-corrected chi connectivity index (χ0v) is 12.6. The van der Waals surface area contributed by atoms with E-state index in [0.717, 1.165) is 12.8 Å². The average Bonchev–Trinajstić information content (AvgIpc) is 2.10. The topological polar surface area (TPSA) is 35.5 Å². The number of hydrogen-bond donors (Lipinski definition) is 2. The highest BCUT2D eigenvalue weighted by Gasteiger charge is 2.44. The van der Waals surface area contributed by atoms with E-state index < -0.39 is 0 Å². The number of halogens is 2. The lowest BCUT2D eigenvalue weighted by Crippen LogP contribution is -2.62. The predicted octanol–water partition coefficient (Wildman–Crippen LogP) is 2.46. The van der Waals surface area contributed by atoms with E-state index in [-0.39, 0.29) is 35.9 Å². The summed E-state index contributed by atoms with van der Waals surface area (Å²) in [5, 5.41) is 14.9. The van der Waals surface area contributed by atoms with Gasteiger partial charge < -0.3 is 10.5 Å². The van der Waals surface area contributed by atoms with E-state index in [1.54, 1.807) is 0 Å². The first-order chi connectivity index (χ1) is 6.79. The van der Waals surface area contributed by atoms with Crippen LogP contribution in [0.4, 0.5) is 0 Å². The first-order valence-electron chi connectivity index (χ1n) is 5.46. The van der Waals surface area contributed by atoms with E-state index in [1.807, 2.05) is 0 Å². The molecule has 1 aliphatic heterocycles. The van der Waals surface area contributed by atoms with Crippen molar-refractivity contribution >= 4 is 24.8 Å². The highest BCUT2D eigenvalue weighted by Crippen LogP contribution is 2.36. The number of rotatable bonds is 2. The van der Waals surface area contributed by atoms with Crippen LogP contribution in [0.3, 0.4) is 0 Å². The van der Waals surface area contributed by atoms with Gasteiger partial charge in [0.15, 0.2) is 0 Å². The van der Waals surface area contributed by atoms with E-state index in [1.165, 1.54) is 5.06 Å². The second-order valence-corrected chi connectivity index (χ2v) is 5.63. The Bertz CT molecular complexity index is 256. The Morgan fingerprint density at radius 1 is 1.24 bits per heavy atom. The third kappa shape index (κ3) is 4.65. The van der Waals surface area contributed by atoms with E-state index in [4.69, 9.17) is 6.42 Å². The van der Waals surface area contributed by atoms with Gasteiger partial charge in [-0.1, -0.05) is 5.92 Å². The fourth-order valence-electron chi connectivity index (χ4n) is 2.62. The van der Waals surface area contributed by atoms with Crippen molar-refractivity contribution in [3.63, 3.8) is 0 Å². The summed E-state index contributed by atoms with van der Waals surface area (Å²) in [5.41, 5.74) is -0.401. The van der Waals surface area contributed by atoms with Crippen LogP contribution < -0.4 is 5.32 Å². The predicted molar refractivity (Wildman–Crippen MR) is 76.1 cm³/mol. The van der Waals surface area contributed by atoms with Crippen LogP contribution in [-0.4, -0.2) is 33.9 Å². The molecule has 0 aromatic carbocycles. The molecule has 3 nitrogen and oxygen atoms in total. The Kier molecular flexibility index (Phi) is 7.77. The fourth-order valence-corrected chi connectivity index (χ4v) is 2.62. The molecule has 0 aromatic heterocycles. The molecule has 0 radical (unpaired) electrons. The van der Waals surface area contributed by atoms with Gasteiger partial charge in [0.25, 0.3) is 0 Å². The molecule has 0 aliphatic carbocycles. The number of hydroxylamine groups is 2. The minimum absolute atomic E-state index is 0. The molecule has 102 valence electrons. The van der Waals surface area contributed by atoms with Crippen LogP contribution >= 0.6 is 24.8 Å². The van der Waals surface area contributed by atoms with Crippen LogP contribution in [0.15, 0.2) is 0 Å². The van der Waals surface area contributed by atoms with Crippen molar-refractivity contribution in [3.8, 4) is 12.3 Å². The maximum Gasteiger partial charge on any atom is 0.0575 e. The first-order valence-corrected chi connectivity index (χ1v) is 5.46. The van der Waals surface area contributed by atoms with Crippen molar-refractivity contribution in [2.24, 2.45) is 0 Å². The molecule has 0 saturated carbocycles. The molecule has 2 N–H and O–H groups in total. The lowest BCUT2D eigenvalue weighted by molar-refractivity contribution is -0.246. The Balaban J connectivity index is 0. The third-order valence-corrected chi connectivity index (χ3v) is 3.13. The van der Waals surface area contributed by atoms with Crippen LogP contribution in [0.25, 0.3) is 0 Å². The molecule has 1 fully saturated rings. The average molecular weight is 283 g/mol. The van der Waals surface area contributed by atoms with Crippen LogP contribution in [0.5, 0.6) is 0 Å². The molecular formula is C12H24Cl2N2O. The van der Waals surface area contributed by atoms with Gasteiger partial charge in [-0.2, -0.15) is 5.06 Å². The summed E-state index contributed by atoms with van der Waals surface area (Å²) in [5.74, 6) is 2.59. The van der Waals surface area contributed by atoms with E-state index in [9.17, 15) is 5.21 Å². The second-order valence-electron chi connectivity index (χ2n) is 5.63. The highest BCUT2D eigenvalue weighted by molar-refractivity contribution is 5.85. The van der Waals surface area contributed by atoms with Crippen molar-refractivity contribution in [2.75, 3.05) is 6.54 Å². The van der Waals surface area contributed by atoms with E-state index >= 15 is 0 Å². The SMILES string of the molecule is C#CCNC1CC(C)(C)N(O)C(C)(C)C1.Cl.Cl. The first kappa shape index (κ1) is 19.4. The van der Waals surface area contributed by atoms with Crippen molar-refractivity contribution < 1.29 is 5.21 Å². The number of terminal acetylenes is 1. The van der Waals surface area contributed by atoms with Gasteiger partial charge in [0, 0.05) is 17.1 Å². The number of nitrogens with one attached hydrogen (secondary N) is 1. The van der Waals surface area contributed by atoms with Gasteiger partial charge in [-0.05, 0) is 40.5 Å². The fraction of sp³-hybridized carbons (Fsp3) is 0.833. The quantitative estimate of drug-likeness (QED) is 0.764. The van der Waals surface area contributed by atoms with Crippen molar-refractivity contribution in [3.05, 3.63) is 0 Å². The van der Waals surface area contributed by atoms with Crippen molar-refractivity contribution in [2.45, 2.75) is 57.7 Å². The zero-order chi connectivity index (χ0) is 11.7. The van der Waals surface area contributed by atoms with Crippen LogP contribution in [0.2, 0.25) is 0 Å². The zero-order valence-electron chi connectivity index (χ0n) is 11.0. The monoisotopic (exact) mass is 282 g/mol. The Morgan fingerprint density at radius 2 is 1.65 bits per heavy atom. The lowest BCUT2D eigenvalue weighted by atomic mass is 9.79. The molecular weight excluding hydrogens is 259 g/mol. The van der Waals surface area contributed by atoms with Gasteiger partial charge in [0.1, 0.15) is 0 Å². The summed E-state index contributed by atoms with van der Waals surface area (Å²) in [6.45, 7) is 8.82. The Labute approximate surface area is 117 Å². The summed E-state index contributed by atoms with van der Waals surface area (Å²) in [6, 6.07) is 0.384. The standard InChI is InChI=1S/C12H22N2O.2ClH/c1-6-7-13-10-8-11(2,3)14(15)12(4,5)9-10;;/h1,10,13,15H,7-9H2,2-5H3;2*1H. The van der Waals surface area contributed by atoms with E-state index in [0.29, 0.717) is 12.6 Å². The second kappa shape index (κ2) is 6.82. The molecule has 0 spiro atoms. The minimum Gasteiger partial charge on any atom is -0.313 e. The van der Waals surface area contributed by atoms with Gasteiger partial charge in [-0.25, -0.2) is 0 Å².